The van der Waals surface area contributed by atoms with Crippen LogP contribution in [0.2, 0.25) is 0 Å². The fourth-order valence-electron chi connectivity index (χ4n) is 2.14. The fraction of sp³-hybridized carbons (Fsp3) is 0. The van der Waals surface area contributed by atoms with Crippen molar-refractivity contribution in [3.05, 3.63) is 69.1 Å². The summed E-state index contributed by atoms with van der Waals surface area (Å²) < 4.78 is 5.22. The summed E-state index contributed by atoms with van der Waals surface area (Å²) in [4.78, 5) is 22.4. The lowest BCUT2D eigenvalue weighted by atomic mass is 10.0. The first kappa shape index (κ1) is 12.9. The molecular formula is C15H10N2O4. The van der Waals surface area contributed by atoms with E-state index in [1.165, 1.54) is 18.2 Å². The van der Waals surface area contributed by atoms with Crippen LogP contribution in [0.4, 0.5) is 11.4 Å². The summed E-state index contributed by atoms with van der Waals surface area (Å²) in [5, 5.41) is 11.6. The number of nitrogens with two attached hydrogens (primary N) is 1. The van der Waals surface area contributed by atoms with Crippen LogP contribution in [-0.4, -0.2) is 4.92 Å². The first-order valence-corrected chi connectivity index (χ1v) is 6.13. The molecule has 1 heterocycles. The van der Waals surface area contributed by atoms with Gasteiger partial charge in [-0.1, -0.05) is 18.2 Å². The maximum Gasteiger partial charge on any atom is 0.344 e. The standard InChI is InChI=1S/C15H10N2O4/c16-13-6-5-10(17(19)20)8-11(13)12-7-9-3-1-2-4-14(9)21-15(12)18/h1-8H,16H2. The summed E-state index contributed by atoms with van der Waals surface area (Å²) in [5.74, 6) is 0. The molecule has 0 spiro atoms. The highest BCUT2D eigenvalue weighted by Gasteiger charge is 2.15. The molecule has 104 valence electrons. The Morgan fingerprint density at radius 2 is 1.81 bits per heavy atom. The van der Waals surface area contributed by atoms with E-state index in [1.807, 2.05) is 6.07 Å². The smallest absolute Gasteiger partial charge is 0.344 e. The zero-order valence-electron chi connectivity index (χ0n) is 10.8. The Labute approximate surface area is 118 Å². The Bertz CT molecular complexity index is 915. The predicted octanol–water partition coefficient (Wildman–Crippen LogP) is 2.95. The first-order chi connectivity index (χ1) is 10.1. The quantitative estimate of drug-likeness (QED) is 0.337. The predicted molar refractivity (Wildman–Crippen MR) is 79.0 cm³/mol. The van der Waals surface area contributed by atoms with Crippen molar-refractivity contribution < 1.29 is 9.34 Å². The third-order valence-electron chi connectivity index (χ3n) is 3.18. The summed E-state index contributed by atoms with van der Waals surface area (Å²) in [7, 11) is 0. The van der Waals surface area contributed by atoms with Gasteiger partial charge in [0.1, 0.15) is 5.58 Å². The molecular weight excluding hydrogens is 272 g/mol. The first-order valence-electron chi connectivity index (χ1n) is 6.13. The highest BCUT2D eigenvalue weighted by atomic mass is 16.6. The molecule has 21 heavy (non-hydrogen) atoms. The van der Waals surface area contributed by atoms with Gasteiger partial charge in [-0.3, -0.25) is 10.1 Å². The highest BCUT2D eigenvalue weighted by molar-refractivity contribution is 5.85. The number of rotatable bonds is 2. The largest absolute Gasteiger partial charge is 0.422 e. The fourth-order valence-corrected chi connectivity index (χ4v) is 2.14. The third kappa shape index (κ3) is 2.23. The van der Waals surface area contributed by atoms with Crippen LogP contribution in [0, 0.1) is 10.1 Å². The van der Waals surface area contributed by atoms with Crippen molar-refractivity contribution in [2.24, 2.45) is 0 Å². The zero-order chi connectivity index (χ0) is 15.0. The SMILES string of the molecule is Nc1ccc([N+](=O)[O-])cc1-c1cc2ccccc2oc1=O. The minimum Gasteiger partial charge on any atom is -0.422 e. The number of fused-ring (bicyclic) bond motifs is 1. The molecule has 1 aromatic heterocycles. The number of hydrogen-bond donors (Lipinski definition) is 1. The van der Waals surface area contributed by atoms with Crippen LogP contribution in [0.5, 0.6) is 0 Å². The van der Waals surface area contributed by atoms with Crippen molar-refractivity contribution in [3.8, 4) is 11.1 Å². The second kappa shape index (κ2) is 4.75. The van der Waals surface area contributed by atoms with Crippen LogP contribution in [-0.2, 0) is 0 Å². The Morgan fingerprint density at radius 3 is 2.57 bits per heavy atom. The molecule has 0 radical (unpaired) electrons. The van der Waals surface area contributed by atoms with Gasteiger partial charge in [0.15, 0.2) is 0 Å². The van der Waals surface area contributed by atoms with Crippen LogP contribution in [0.15, 0.2) is 57.7 Å². The molecule has 0 unspecified atom stereocenters. The Morgan fingerprint density at radius 1 is 1.05 bits per heavy atom. The maximum atomic E-state index is 12.1. The van der Waals surface area contributed by atoms with Gasteiger partial charge in [0, 0.05) is 28.8 Å². The summed E-state index contributed by atoms with van der Waals surface area (Å²) in [6.45, 7) is 0. The normalized spacial score (nSPS) is 10.7. The van der Waals surface area contributed by atoms with E-state index >= 15 is 0 Å². The van der Waals surface area contributed by atoms with Crippen LogP contribution < -0.4 is 11.4 Å². The summed E-state index contributed by atoms with van der Waals surface area (Å²) in [5.41, 5.74) is 6.35. The van der Waals surface area contributed by atoms with Crippen molar-refractivity contribution in [1.82, 2.24) is 0 Å². The number of nitrogen functional groups attached to an aromatic ring is 1. The molecule has 6 heteroatoms. The molecule has 0 aliphatic carbocycles. The van der Waals surface area contributed by atoms with Gasteiger partial charge in [-0.15, -0.1) is 0 Å². The van der Waals surface area contributed by atoms with Gasteiger partial charge >= 0.3 is 5.63 Å². The Balaban J connectivity index is 2.29. The van der Waals surface area contributed by atoms with E-state index in [0.717, 1.165) is 5.39 Å². The molecule has 0 amide bonds. The van der Waals surface area contributed by atoms with Gasteiger partial charge in [-0.05, 0) is 18.2 Å². The second-order valence-corrected chi connectivity index (χ2v) is 4.51. The number of para-hydroxylation sites is 1. The second-order valence-electron chi connectivity index (χ2n) is 4.51. The number of nitrogens with zero attached hydrogens (tertiary/aromatic N) is 1. The molecule has 3 aromatic rings. The van der Waals surface area contributed by atoms with Crippen LogP contribution in [0.3, 0.4) is 0 Å². The molecule has 2 N–H and O–H groups in total. The third-order valence-corrected chi connectivity index (χ3v) is 3.18. The molecule has 0 aliphatic heterocycles. The van der Waals surface area contributed by atoms with Gasteiger partial charge in [0.05, 0.1) is 10.5 Å². The molecule has 0 saturated heterocycles. The molecule has 0 aliphatic rings. The Kier molecular flexibility index (Phi) is 2.91. The van der Waals surface area contributed by atoms with Crippen LogP contribution in [0.25, 0.3) is 22.1 Å². The number of benzene rings is 2. The molecule has 0 saturated carbocycles. The van der Waals surface area contributed by atoms with Crippen LogP contribution in [0.1, 0.15) is 0 Å². The maximum absolute atomic E-state index is 12.1. The van der Waals surface area contributed by atoms with E-state index in [-0.39, 0.29) is 16.9 Å². The zero-order valence-corrected chi connectivity index (χ0v) is 10.8. The number of hydrogen-bond acceptors (Lipinski definition) is 5. The van der Waals surface area contributed by atoms with Gasteiger partial charge in [0.2, 0.25) is 0 Å². The minimum atomic E-state index is -0.583. The molecule has 6 nitrogen and oxygen atoms in total. The number of nitro benzene ring substituents is 1. The van der Waals surface area contributed by atoms with Crippen molar-refractivity contribution in [3.63, 3.8) is 0 Å². The minimum absolute atomic E-state index is 0.133. The van der Waals surface area contributed by atoms with Gasteiger partial charge < -0.3 is 10.2 Å². The molecule has 2 aromatic carbocycles. The van der Waals surface area contributed by atoms with Gasteiger partial charge in [-0.2, -0.15) is 0 Å². The van der Waals surface area contributed by atoms with Crippen molar-refractivity contribution in [2.75, 3.05) is 5.73 Å². The van der Waals surface area contributed by atoms with E-state index in [4.69, 9.17) is 10.2 Å². The van der Waals surface area contributed by atoms with E-state index in [9.17, 15) is 14.9 Å². The van der Waals surface area contributed by atoms with E-state index in [0.29, 0.717) is 11.1 Å². The van der Waals surface area contributed by atoms with Crippen molar-refractivity contribution in [2.45, 2.75) is 0 Å². The lowest BCUT2D eigenvalue weighted by molar-refractivity contribution is -0.384. The summed E-state index contributed by atoms with van der Waals surface area (Å²) in [6.07, 6.45) is 0. The van der Waals surface area contributed by atoms with Gasteiger partial charge in [-0.25, -0.2) is 4.79 Å². The van der Waals surface area contributed by atoms with E-state index < -0.39 is 10.5 Å². The Hall–Kier alpha value is -3.15. The average Bonchev–Trinajstić information content (AvgIpc) is 2.47. The molecule has 0 fully saturated rings. The number of non-ortho nitro benzene ring substituents is 1. The monoisotopic (exact) mass is 282 g/mol. The molecule has 0 atom stereocenters. The van der Waals surface area contributed by atoms with E-state index in [2.05, 4.69) is 0 Å². The number of nitro groups is 1. The summed E-state index contributed by atoms with van der Waals surface area (Å²) in [6, 6.07) is 12.6. The lowest BCUT2D eigenvalue weighted by Gasteiger charge is -2.05. The number of anilines is 1. The summed E-state index contributed by atoms with van der Waals surface area (Å²) >= 11 is 0. The van der Waals surface area contributed by atoms with Crippen LogP contribution >= 0.6 is 0 Å². The van der Waals surface area contributed by atoms with Crippen molar-refractivity contribution >= 4 is 22.3 Å². The van der Waals surface area contributed by atoms with E-state index in [1.54, 1.807) is 24.3 Å². The molecule has 0 bridgehead atoms. The highest BCUT2D eigenvalue weighted by Crippen LogP contribution is 2.29. The molecule has 3 rings (SSSR count). The van der Waals surface area contributed by atoms with Crippen molar-refractivity contribution in [1.29, 1.82) is 0 Å². The van der Waals surface area contributed by atoms with Gasteiger partial charge in [0.25, 0.3) is 5.69 Å². The topological polar surface area (TPSA) is 99.4 Å². The lowest BCUT2D eigenvalue weighted by Crippen LogP contribution is -2.05. The average molecular weight is 282 g/mol.